The monoisotopic (exact) mass is 586 g/mol. The largest absolute Gasteiger partial charge is 0.507 e. The van der Waals surface area contributed by atoms with Crippen LogP contribution in [0, 0.1) is 10.1 Å². The summed E-state index contributed by atoms with van der Waals surface area (Å²) in [4.78, 5) is 33.9. The number of nitrogens with one attached hydrogen (secondary N) is 1. The first-order valence-electron chi connectivity index (χ1n) is 14.3. The van der Waals surface area contributed by atoms with Gasteiger partial charge in [0.15, 0.2) is 0 Å². The number of aromatic nitrogens is 3. The Bertz CT molecular complexity index is 1740. The van der Waals surface area contributed by atoms with Crippen LogP contribution in [0.2, 0.25) is 0 Å². The average molecular weight is 587 g/mol. The minimum atomic E-state index is -0.515. The summed E-state index contributed by atoms with van der Waals surface area (Å²) >= 11 is 0. The van der Waals surface area contributed by atoms with Gasteiger partial charge in [0.05, 0.1) is 10.6 Å². The van der Waals surface area contributed by atoms with Crippen molar-refractivity contribution in [3.8, 4) is 5.75 Å². The number of aliphatic imine (C=N–C) groups is 1. The van der Waals surface area contributed by atoms with E-state index in [1.165, 1.54) is 30.8 Å². The number of rotatable bonds is 9. The number of nitrogens with zero attached hydrogens (tertiary/aromatic N) is 7. The first-order valence-corrected chi connectivity index (χ1v) is 14.3. The van der Waals surface area contributed by atoms with Crippen molar-refractivity contribution in [2.75, 3.05) is 28.2 Å². The molecule has 0 radical (unpaired) electrons. The lowest BCUT2D eigenvalue weighted by Crippen LogP contribution is -2.31. The zero-order valence-corrected chi connectivity index (χ0v) is 23.8. The van der Waals surface area contributed by atoms with Crippen LogP contribution < -0.4 is 15.1 Å². The molecule has 0 amide bonds. The third-order valence-electron chi connectivity index (χ3n) is 7.16. The van der Waals surface area contributed by atoms with E-state index in [2.05, 4.69) is 15.2 Å². The number of para-hydroxylation sites is 2. The van der Waals surface area contributed by atoms with Crippen LogP contribution in [-0.4, -0.2) is 44.3 Å². The van der Waals surface area contributed by atoms with Crippen LogP contribution in [0.25, 0.3) is 0 Å². The number of hydrogen-bond donors (Lipinski definition) is 2. The van der Waals surface area contributed by atoms with Gasteiger partial charge in [0, 0.05) is 54.1 Å². The Balaban J connectivity index is 1.35. The Morgan fingerprint density at radius 1 is 0.841 bits per heavy atom. The van der Waals surface area contributed by atoms with Crippen LogP contribution in [0.15, 0.2) is 108 Å². The first kappa shape index (κ1) is 28.3. The topological polar surface area (TPSA) is 133 Å². The minimum absolute atomic E-state index is 0.0991. The van der Waals surface area contributed by atoms with Crippen molar-refractivity contribution in [1.82, 2.24) is 15.0 Å². The number of hydrogen-bond acceptors (Lipinski definition) is 10. The number of phenolic OH excluding ortho intramolecular Hbond substituents is 1. The molecule has 0 spiro atoms. The van der Waals surface area contributed by atoms with Gasteiger partial charge in [-0.2, -0.15) is 15.0 Å². The molecule has 2 heterocycles. The lowest BCUT2D eigenvalue weighted by Gasteiger charge is -2.29. The molecule has 1 saturated heterocycles. The predicted molar refractivity (Wildman–Crippen MR) is 172 cm³/mol. The van der Waals surface area contributed by atoms with E-state index in [1.807, 2.05) is 77.7 Å². The molecule has 0 bridgehead atoms. The molecule has 5 aromatic rings. The van der Waals surface area contributed by atoms with Crippen LogP contribution >= 0.6 is 0 Å². The molecule has 0 atom stereocenters. The molecule has 6 rings (SSSR count). The molecule has 11 nitrogen and oxygen atoms in total. The Morgan fingerprint density at radius 2 is 1.55 bits per heavy atom. The molecule has 0 unspecified atom stereocenters. The van der Waals surface area contributed by atoms with E-state index in [0.29, 0.717) is 29.2 Å². The fraction of sp³-hybridized carbons (Fsp3) is 0.152. The third kappa shape index (κ3) is 6.62. The van der Waals surface area contributed by atoms with Crippen LogP contribution in [0.3, 0.4) is 0 Å². The van der Waals surface area contributed by atoms with Crippen molar-refractivity contribution in [2.24, 2.45) is 4.99 Å². The molecule has 1 fully saturated rings. The van der Waals surface area contributed by atoms with E-state index in [9.17, 15) is 15.2 Å². The summed E-state index contributed by atoms with van der Waals surface area (Å²) in [5.74, 6) is 1.36. The molecule has 11 heteroatoms. The van der Waals surface area contributed by atoms with Gasteiger partial charge in [-0.25, -0.2) is 0 Å². The fourth-order valence-corrected chi connectivity index (χ4v) is 4.98. The van der Waals surface area contributed by atoms with Crippen LogP contribution in [0.4, 0.5) is 46.3 Å². The fourth-order valence-electron chi connectivity index (χ4n) is 4.98. The lowest BCUT2D eigenvalue weighted by molar-refractivity contribution is -0.384. The Kier molecular flexibility index (Phi) is 8.35. The molecular formula is C33H30N8O3. The van der Waals surface area contributed by atoms with Crippen molar-refractivity contribution in [1.29, 1.82) is 0 Å². The number of non-ortho nitro benzene ring substituents is 1. The highest BCUT2D eigenvalue weighted by Crippen LogP contribution is 2.34. The predicted octanol–water partition coefficient (Wildman–Crippen LogP) is 7.44. The lowest BCUT2D eigenvalue weighted by atomic mass is 10.1. The van der Waals surface area contributed by atoms with Gasteiger partial charge in [-0.15, -0.1) is 0 Å². The highest BCUT2D eigenvalue weighted by molar-refractivity contribution is 5.86. The second kappa shape index (κ2) is 13.0. The van der Waals surface area contributed by atoms with Crippen molar-refractivity contribution in [3.63, 3.8) is 0 Å². The smallest absolute Gasteiger partial charge is 0.270 e. The molecule has 1 aliphatic heterocycles. The zero-order valence-electron chi connectivity index (χ0n) is 23.8. The molecule has 44 heavy (non-hydrogen) atoms. The summed E-state index contributed by atoms with van der Waals surface area (Å²) in [6.45, 7) is 1.74. The van der Waals surface area contributed by atoms with E-state index in [0.717, 1.165) is 37.3 Å². The van der Waals surface area contributed by atoms with Crippen LogP contribution in [0.5, 0.6) is 5.75 Å². The zero-order chi connectivity index (χ0) is 30.3. The molecule has 0 saturated carbocycles. The second-order valence-corrected chi connectivity index (χ2v) is 10.2. The van der Waals surface area contributed by atoms with E-state index in [1.54, 1.807) is 12.1 Å². The number of benzene rings is 4. The van der Waals surface area contributed by atoms with Gasteiger partial charge in [0.25, 0.3) is 5.69 Å². The van der Waals surface area contributed by atoms with E-state index in [4.69, 9.17) is 15.0 Å². The molecule has 220 valence electrons. The summed E-state index contributed by atoms with van der Waals surface area (Å²) in [5, 5.41) is 24.6. The minimum Gasteiger partial charge on any atom is -0.507 e. The Morgan fingerprint density at radius 3 is 2.23 bits per heavy atom. The first-order chi connectivity index (χ1) is 21.5. The highest BCUT2D eigenvalue weighted by atomic mass is 16.6. The van der Waals surface area contributed by atoms with E-state index >= 15 is 0 Å². The second-order valence-electron chi connectivity index (χ2n) is 10.2. The number of phenols is 1. The third-order valence-corrected chi connectivity index (χ3v) is 7.16. The van der Waals surface area contributed by atoms with Crippen molar-refractivity contribution in [2.45, 2.75) is 19.3 Å². The van der Waals surface area contributed by atoms with Crippen molar-refractivity contribution >= 4 is 52.5 Å². The number of nitro benzene ring substituents is 1. The maximum absolute atomic E-state index is 11.2. The summed E-state index contributed by atoms with van der Waals surface area (Å²) < 4.78 is 0. The maximum Gasteiger partial charge on any atom is 0.270 e. The molecule has 4 aromatic carbocycles. The number of aromatic hydroxyl groups is 1. The van der Waals surface area contributed by atoms with E-state index in [-0.39, 0.29) is 17.0 Å². The van der Waals surface area contributed by atoms with Crippen molar-refractivity contribution < 1.29 is 10.0 Å². The van der Waals surface area contributed by atoms with Crippen LogP contribution in [-0.2, 0) is 0 Å². The summed E-state index contributed by atoms with van der Waals surface area (Å²) in [6.07, 6.45) is 4.73. The van der Waals surface area contributed by atoms with E-state index < -0.39 is 4.92 Å². The number of piperidine rings is 1. The molecule has 0 aliphatic carbocycles. The molecular weight excluding hydrogens is 556 g/mol. The number of anilines is 6. The van der Waals surface area contributed by atoms with Gasteiger partial charge in [0.2, 0.25) is 17.8 Å². The molecule has 1 aliphatic rings. The maximum atomic E-state index is 11.2. The quantitative estimate of drug-likeness (QED) is 0.103. The summed E-state index contributed by atoms with van der Waals surface area (Å²) in [6, 6.07) is 31.1. The van der Waals surface area contributed by atoms with Gasteiger partial charge in [-0.1, -0.05) is 42.5 Å². The van der Waals surface area contributed by atoms with Crippen molar-refractivity contribution in [3.05, 3.63) is 119 Å². The van der Waals surface area contributed by atoms with Gasteiger partial charge in [0.1, 0.15) is 5.75 Å². The Hall–Kier alpha value is -5.84. The Labute approximate surface area is 254 Å². The van der Waals surface area contributed by atoms with Gasteiger partial charge < -0.3 is 15.3 Å². The molecule has 1 aromatic heterocycles. The van der Waals surface area contributed by atoms with Crippen LogP contribution in [0.1, 0.15) is 24.8 Å². The molecule has 2 N–H and O–H groups in total. The van der Waals surface area contributed by atoms with Gasteiger partial charge in [-0.3, -0.25) is 20.0 Å². The van der Waals surface area contributed by atoms with Gasteiger partial charge in [-0.05, 0) is 67.8 Å². The standard InChI is InChI=1S/C33H30N8O3/c42-30-18-17-29(41(43)44)21-24(30)23-34-25-11-10-12-26(22-25)35-31-36-32(39-19-8-3-9-20-39)38-33(37-31)40(27-13-4-1-5-14-27)28-15-6-2-7-16-28/h1-2,4-7,10-18,21-23,42H,3,8-9,19-20H2,(H,35,36,37,38). The highest BCUT2D eigenvalue weighted by Gasteiger charge is 2.21. The van der Waals surface area contributed by atoms with Gasteiger partial charge >= 0.3 is 0 Å². The SMILES string of the molecule is O=[N+]([O-])c1ccc(O)c(C=Nc2cccc(Nc3nc(N4CCCCC4)nc(N(c4ccccc4)c4ccccc4)n3)c2)c1. The average Bonchev–Trinajstić information content (AvgIpc) is 3.06. The number of nitro groups is 1. The summed E-state index contributed by atoms with van der Waals surface area (Å²) in [7, 11) is 0. The summed E-state index contributed by atoms with van der Waals surface area (Å²) in [5.41, 5.74) is 3.21. The normalized spacial score (nSPS) is 13.1.